The number of hydrogen-bond acceptors (Lipinski definition) is 5. The number of rotatable bonds is 2. The van der Waals surface area contributed by atoms with Crippen LogP contribution in [0.15, 0.2) is 29.8 Å². The number of hydrogen-bond donors (Lipinski definition) is 0. The van der Waals surface area contributed by atoms with E-state index in [1.165, 1.54) is 0 Å². The number of benzene rings is 1. The summed E-state index contributed by atoms with van der Waals surface area (Å²) in [6.45, 7) is 3.63. The Morgan fingerprint density at radius 3 is 3.00 bits per heavy atom. The number of morpholine rings is 1. The molecule has 0 unspecified atom stereocenters. The van der Waals surface area contributed by atoms with Crippen LogP contribution in [-0.4, -0.2) is 29.7 Å². The van der Waals surface area contributed by atoms with E-state index in [9.17, 15) is 8.78 Å². The van der Waals surface area contributed by atoms with Crippen LogP contribution < -0.4 is 4.90 Å². The number of pyridine rings is 1. The predicted molar refractivity (Wildman–Crippen MR) is 89.4 cm³/mol. The molecule has 1 fully saturated rings. The zero-order valence-corrected chi connectivity index (χ0v) is 13.8. The van der Waals surface area contributed by atoms with E-state index >= 15 is 0 Å². The van der Waals surface area contributed by atoms with Crippen LogP contribution >= 0.6 is 11.3 Å². The SMILES string of the molecule is Cc1cc(N2CCO[C@@H](c3nccs3)C2)c2ccc(F)c(F)c2n1. The summed E-state index contributed by atoms with van der Waals surface area (Å²) in [5.74, 6) is -1.78. The largest absolute Gasteiger partial charge is 0.367 e. The molecule has 7 heteroatoms. The normalized spacial score (nSPS) is 18.3. The van der Waals surface area contributed by atoms with Crippen molar-refractivity contribution in [2.24, 2.45) is 0 Å². The molecule has 0 amide bonds. The van der Waals surface area contributed by atoms with Gasteiger partial charge in [-0.05, 0) is 25.1 Å². The van der Waals surface area contributed by atoms with Gasteiger partial charge in [-0.15, -0.1) is 11.3 Å². The molecule has 3 heterocycles. The molecule has 24 heavy (non-hydrogen) atoms. The molecule has 1 aromatic carbocycles. The van der Waals surface area contributed by atoms with Crippen molar-refractivity contribution in [2.75, 3.05) is 24.6 Å². The van der Waals surface area contributed by atoms with Crippen molar-refractivity contribution in [1.82, 2.24) is 9.97 Å². The first-order valence-corrected chi connectivity index (χ1v) is 8.53. The molecule has 0 radical (unpaired) electrons. The summed E-state index contributed by atoms with van der Waals surface area (Å²) in [4.78, 5) is 10.6. The molecule has 0 aliphatic carbocycles. The van der Waals surface area contributed by atoms with Crippen LogP contribution in [0.2, 0.25) is 0 Å². The summed E-state index contributed by atoms with van der Waals surface area (Å²) in [6.07, 6.45) is 1.64. The molecule has 0 bridgehead atoms. The van der Waals surface area contributed by atoms with E-state index in [1.54, 1.807) is 30.5 Å². The minimum atomic E-state index is -0.901. The highest BCUT2D eigenvalue weighted by Crippen LogP contribution is 2.33. The van der Waals surface area contributed by atoms with Crippen molar-refractivity contribution >= 4 is 27.9 Å². The maximum absolute atomic E-state index is 14.1. The average molecular weight is 347 g/mol. The Morgan fingerprint density at radius 2 is 2.21 bits per heavy atom. The van der Waals surface area contributed by atoms with Crippen LogP contribution in [0.4, 0.5) is 14.5 Å². The predicted octanol–water partition coefficient (Wildman–Crippen LogP) is 3.86. The first-order valence-electron chi connectivity index (χ1n) is 7.65. The molecule has 4 nitrogen and oxygen atoms in total. The highest BCUT2D eigenvalue weighted by molar-refractivity contribution is 7.09. The van der Waals surface area contributed by atoms with E-state index in [4.69, 9.17) is 4.74 Å². The Morgan fingerprint density at radius 1 is 1.33 bits per heavy atom. The fourth-order valence-corrected chi connectivity index (χ4v) is 3.69. The highest BCUT2D eigenvalue weighted by atomic mass is 32.1. The lowest BCUT2D eigenvalue weighted by molar-refractivity contribution is 0.0397. The highest BCUT2D eigenvalue weighted by Gasteiger charge is 2.26. The van der Waals surface area contributed by atoms with Crippen molar-refractivity contribution < 1.29 is 13.5 Å². The van der Waals surface area contributed by atoms with Gasteiger partial charge in [0.15, 0.2) is 11.6 Å². The molecule has 0 saturated carbocycles. The zero-order valence-electron chi connectivity index (χ0n) is 13.0. The number of anilines is 1. The first-order chi connectivity index (χ1) is 11.6. The van der Waals surface area contributed by atoms with Crippen LogP contribution in [0.5, 0.6) is 0 Å². The van der Waals surface area contributed by atoms with Gasteiger partial charge in [-0.25, -0.2) is 18.7 Å². The summed E-state index contributed by atoms with van der Waals surface area (Å²) < 4.78 is 33.5. The quantitative estimate of drug-likeness (QED) is 0.706. The first kappa shape index (κ1) is 15.4. The number of aromatic nitrogens is 2. The van der Waals surface area contributed by atoms with Crippen molar-refractivity contribution in [3.8, 4) is 0 Å². The van der Waals surface area contributed by atoms with Crippen LogP contribution in [0.25, 0.3) is 10.9 Å². The maximum Gasteiger partial charge on any atom is 0.185 e. The molecule has 4 rings (SSSR count). The summed E-state index contributed by atoms with van der Waals surface area (Å²) in [6, 6.07) is 4.64. The molecule has 3 aromatic rings. The molecular formula is C17H15F2N3OS. The fraction of sp³-hybridized carbons (Fsp3) is 0.294. The number of halogens is 2. The van der Waals surface area contributed by atoms with Crippen molar-refractivity contribution in [2.45, 2.75) is 13.0 Å². The van der Waals surface area contributed by atoms with Crippen molar-refractivity contribution in [3.05, 3.63) is 52.1 Å². The molecule has 1 aliphatic rings. The van der Waals surface area contributed by atoms with Crippen LogP contribution in [0.1, 0.15) is 16.8 Å². The molecule has 124 valence electrons. The van der Waals surface area contributed by atoms with Gasteiger partial charge in [-0.3, -0.25) is 0 Å². The van der Waals surface area contributed by atoms with Gasteiger partial charge in [0, 0.05) is 34.9 Å². The third-order valence-electron chi connectivity index (χ3n) is 4.11. The second kappa shape index (κ2) is 6.07. The van der Waals surface area contributed by atoms with Gasteiger partial charge in [0.2, 0.25) is 0 Å². The summed E-state index contributed by atoms with van der Waals surface area (Å²) in [5, 5.41) is 3.45. The van der Waals surface area contributed by atoms with Crippen molar-refractivity contribution in [1.29, 1.82) is 0 Å². The average Bonchev–Trinajstić information content (AvgIpc) is 3.13. The number of ether oxygens (including phenoxy) is 1. The molecule has 2 aromatic heterocycles. The number of thiazole rings is 1. The topological polar surface area (TPSA) is 38.2 Å². The lowest BCUT2D eigenvalue weighted by atomic mass is 10.1. The van der Waals surface area contributed by atoms with E-state index in [0.29, 0.717) is 30.8 Å². The van der Waals surface area contributed by atoms with Gasteiger partial charge >= 0.3 is 0 Å². The second-order valence-electron chi connectivity index (χ2n) is 5.72. The van der Waals surface area contributed by atoms with Gasteiger partial charge < -0.3 is 9.64 Å². The van der Waals surface area contributed by atoms with E-state index in [0.717, 1.165) is 16.8 Å². The van der Waals surface area contributed by atoms with Gasteiger partial charge in [0.1, 0.15) is 16.6 Å². The van der Waals surface area contributed by atoms with Crippen LogP contribution in [0.3, 0.4) is 0 Å². The molecule has 1 atom stereocenters. The minimum absolute atomic E-state index is 0.0716. The zero-order chi connectivity index (χ0) is 16.7. The molecule has 0 spiro atoms. The number of aryl methyl sites for hydroxylation is 1. The van der Waals surface area contributed by atoms with Crippen LogP contribution in [-0.2, 0) is 4.74 Å². The lowest BCUT2D eigenvalue weighted by Gasteiger charge is -2.34. The lowest BCUT2D eigenvalue weighted by Crippen LogP contribution is -2.38. The third kappa shape index (κ3) is 2.63. The van der Waals surface area contributed by atoms with Gasteiger partial charge in [0.25, 0.3) is 0 Å². The van der Waals surface area contributed by atoms with E-state index in [2.05, 4.69) is 14.9 Å². The van der Waals surface area contributed by atoms with Gasteiger partial charge in [-0.1, -0.05) is 0 Å². The molecular weight excluding hydrogens is 332 g/mol. The summed E-state index contributed by atoms with van der Waals surface area (Å²) >= 11 is 1.55. The molecule has 1 aliphatic heterocycles. The number of nitrogens with zero attached hydrogens (tertiary/aromatic N) is 3. The maximum atomic E-state index is 14.1. The Kier molecular flexibility index (Phi) is 3.90. The molecule has 0 N–H and O–H groups in total. The Hall–Kier alpha value is -2.12. The monoisotopic (exact) mass is 347 g/mol. The van der Waals surface area contributed by atoms with E-state index in [-0.39, 0.29) is 11.6 Å². The van der Waals surface area contributed by atoms with E-state index < -0.39 is 11.6 Å². The summed E-state index contributed by atoms with van der Waals surface area (Å²) in [7, 11) is 0. The molecule has 1 saturated heterocycles. The Balaban J connectivity index is 1.77. The fourth-order valence-electron chi connectivity index (χ4n) is 3.01. The van der Waals surface area contributed by atoms with Crippen molar-refractivity contribution in [3.63, 3.8) is 0 Å². The van der Waals surface area contributed by atoms with E-state index in [1.807, 2.05) is 11.4 Å². The Bertz CT molecular complexity index is 885. The minimum Gasteiger partial charge on any atom is -0.367 e. The van der Waals surface area contributed by atoms with Gasteiger partial charge in [-0.2, -0.15) is 0 Å². The van der Waals surface area contributed by atoms with Gasteiger partial charge in [0.05, 0.1) is 13.2 Å². The second-order valence-corrected chi connectivity index (χ2v) is 6.64. The smallest absolute Gasteiger partial charge is 0.185 e. The number of fused-ring (bicyclic) bond motifs is 1. The standard InChI is InChI=1S/C17H15F2N3OS/c1-10-8-13(11-2-3-12(18)15(19)16(11)21-10)22-5-6-23-14(9-22)17-20-4-7-24-17/h2-4,7-8,14H,5-6,9H2,1H3/t14-/m1/s1. The Labute approximate surface area is 141 Å². The summed E-state index contributed by atoms with van der Waals surface area (Å²) in [5.41, 5.74) is 1.57. The van der Waals surface area contributed by atoms with Crippen LogP contribution in [0, 0.1) is 18.6 Å². The third-order valence-corrected chi connectivity index (χ3v) is 4.98.